The Balaban J connectivity index is 1.79. The van der Waals surface area contributed by atoms with Crippen molar-refractivity contribution in [3.63, 3.8) is 0 Å². The third-order valence-electron chi connectivity index (χ3n) is 3.76. The molecule has 148 valence electrons. The third kappa shape index (κ3) is 5.81. The molecule has 0 fully saturated rings. The number of methoxy groups -OCH3 is 2. The Labute approximate surface area is 167 Å². The van der Waals surface area contributed by atoms with Crippen molar-refractivity contribution in [3.8, 4) is 11.5 Å². The van der Waals surface area contributed by atoms with Gasteiger partial charge in [0.15, 0.2) is 16.6 Å². The minimum absolute atomic E-state index is 0.148. The first kappa shape index (κ1) is 20.9. The zero-order valence-electron chi connectivity index (χ0n) is 15.4. The molecular weight excluding hydrogens is 384 g/mol. The summed E-state index contributed by atoms with van der Waals surface area (Å²) >= 11 is 5.10. The molecule has 2 aromatic carbocycles. The van der Waals surface area contributed by atoms with E-state index in [-0.39, 0.29) is 16.4 Å². The van der Waals surface area contributed by atoms with Crippen molar-refractivity contribution in [1.29, 1.82) is 0 Å². The van der Waals surface area contributed by atoms with Crippen LogP contribution in [0.5, 0.6) is 11.5 Å². The topological polar surface area (TPSA) is 115 Å². The van der Waals surface area contributed by atoms with Crippen LogP contribution >= 0.6 is 12.2 Å². The lowest BCUT2D eigenvalue weighted by Crippen LogP contribution is -2.47. The minimum atomic E-state index is -0.565. The Morgan fingerprint density at radius 1 is 1.11 bits per heavy atom. The molecule has 1 amide bonds. The molecule has 0 heterocycles. The summed E-state index contributed by atoms with van der Waals surface area (Å²) in [6, 6.07) is 11.0. The van der Waals surface area contributed by atoms with Gasteiger partial charge in [-0.3, -0.25) is 25.8 Å². The number of nitro benzene ring substituents is 1. The van der Waals surface area contributed by atoms with Gasteiger partial charge in [0.1, 0.15) is 0 Å². The van der Waals surface area contributed by atoms with Gasteiger partial charge in [0, 0.05) is 24.2 Å². The fraction of sp³-hybridized carbons (Fsp3) is 0.222. The highest BCUT2D eigenvalue weighted by Crippen LogP contribution is 2.27. The number of carbonyl (C=O) groups is 1. The van der Waals surface area contributed by atoms with Crippen LogP contribution < -0.4 is 25.6 Å². The molecule has 0 bridgehead atoms. The van der Waals surface area contributed by atoms with Gasteiger partial charge < -0.3 is 14.8 Å². The van der Waals surface area contributed by atoms with E-state index in [0.717, 1.165) is 5.56 Å². The summed E-state index contributed by atoms with van der Waals surface area (Å²) in [4.78, 5) is 22.2. The van der Waals surface area contributed by atoms with Crippen molar-refractivity contribution in [3.05, 3.63) is 63.7 Å². The van der Waals surface area contributed by atoms with E-state index >= 15 is 0 Å². The average Bonchev–Trinajstić information content (AvgIpc) is 2.71. The minimum Gasteiger partial charge on any atom is -0.493 e. The fourth-order valence-electron chi connectivity index (χ4n) is 2.35. The van der Waals surface area contributed by atoms with Gasteiger partial charge >= 0.3 is 0 Å². The van der Waals surface area contributed by atoms with Gasteiger partial charge in [-0.25, -0.2) is 0 Å². The number of nitrogens with zero attached hydrogens (tertiary/aromatic N) is 1. The number of rotatable bonds is 7. The van der Waals surface area contributed by atoms with Gasteiger partial charge in [0.2, 0.25) is 0 Å². The molecule has 0 radical (unpaired) electrons. The van der Waals surface area contributed by atoms with E-state index in [1.54, 1.807) is 14.2 Å². The van der Waals surface area contributed by atoms with Crippen LogP contribution in [0.3, 0.4) is 0 Å². The molecule has 0 aromatic heterocycles. The summed E-state index contributed by atoms with van der Waals surface area (Å²) in [6.45, 7) is 0.522. The van der Waals surface area contributed by atoms with Crippen molar-refractivity contribution < 1.29 is 19.2 Å². The molecule has 0 saturated heterocycles. The van der Waals surface area contributed by atoms with Crippen molar-refractivity contribution in [2.75, 3.05) is 20.8 Å². The first-order valence-corrected chi connectivity index (χ1v) is 8.65. The summed E-state index contributed by atoms with van der Waals surface area (Å²) in [5, 5.41) is 13.9. The van der Waals surface area contributed by atoms with E-state index in [0.29, 0.717) is 24.5 Å². The van der Waals surface area contributed by atoms with E-state index in [1.807, 2.05) is 18.2 Å². The van der Waals surface area contributed by atoms with E-state index in [9.17, 15) is 14.9 Å². The van der Waals surface area contributed by atoms with Gasteiger partial charge in [-0.1, -0.05) is 12.1 Å². The zero-order chi connectivity index (χ0) is 20.5. The van der Waals surface area contributed by atoms with Crippen molar-refractivity contribution in [1.82, 2.24) is 16.2 Å². The summed E-state index contributed by atoms with van der Waals surface area (Å²) in [5.74, 6) is 0.762. The van der Waals surface area contributed by atoms with E-state index in [1.165, 1.54) is 24.3 Å². The number of nitrogens with one attached hydrogen (secondary N) is 3. The van der Waals surface area contributed by atoms with Crippen LogP contribution in [0, 0.1) is 10.1 Å². The van der Waals surface area contributed by atoms with Crippen LogP contribution in [0.1, 0.15) is 15.9 Å². The number of nitro groups is 1. The smallest absolute Gasteiger partial charge is 0.270 e. The molecule has 9 nitrogen and oxygen atoms in total. The number of amides is 1. The molecular formula is C18H20N4O5S. The Hall–Kier alpha value is -3.40. The molecule has 28 heavy (non-hydrogen) atoms. The Morgan fingerprint density at radius 3 is 2.54 bits per heavy atom. The molecule has 0 aliphatic heterocycles. The molecule has 0 aliphatic rings. The summed E-state index contributed by atoms with van der Waals surface area (Å²) in [6.07, 6.45) is 0.668. The third-order valence-corrected chi connectivity index (χ3v) is 4.00. The van der Waals surface area contributed by atoms with Crippen LogP contribution in [-0.2, 0) is 6.42 Å². The molecule has 0 saturated carbocycles. The quantitative estimate of drug-likeness (QED) is 0.365. The lowest BCUT2D eigenvalue weighted by atomic mass is 10.1. The largest absolute Gasteiger partial charge is 0.493 e. The number of non-ortho nitro benzene ring substituents is 1. The van der Waals surface area contributed by atoms with Crippen LogP contribution in [0.25, 0.3) is 0 Å². The molecule has 10 heteroatoms. The summed E-state index contributed by atoms with van der Waals surface area (Å²) in [5.41, 5.74) is 5.96. The average molecular weight is 404 g/mol. The fourth-order valence-corrected chi connectivity index (χ4v) is 2.50. The highest BCUT2D eigenvalue weighted by atomic mass is 32.1. The Morgan fingerprint density at radius 2 is 1.86 bits per heavy atom. The van der Waals surface area contributed by atoms with Crippen LogP contribution in [0.4, 0.5) is 5.69 Å². The van der Waals surface area contributed by atoms with Gasteiger partial charge in [-0.2, -0.15) is 0 Å². The Kier molecular flexibility index (Phi) is 7.52. The number of hydrogen-bond donors (Lipinski definition) is 3. The predicted octanol–water partition coefficient (Wildman–Crippen LogP) is 1.96. The Bertz CT molecular complexity index is 875. The van der Waals surface area contributed by atoms with Gasteiger partial charge in [-0.05, 0) is 42.4 Å². The molecule has 0 atom stereocenters. The van der Waals surface area contributed by atoms with Crippen LogP contribution in [-0.4, -0.2) is 36.7 Å². The van der Waals surface area contributed by atoms with Crippen molar-refractivity contribution in [2.24, 2.45) is 0 Å². The molecule has 2 rings (SSSR count). The van der Waals surface area contributed by atoms with Crippen molar-refractivity contribution >= 4 is 28.9 Å². The maximum atomic E-state index is 12.0. The van der Waals surface area contributed by atoms with Crippen LogP contribution in [0.15, 0.2) is 42.5 Å². The second kappa shape index (κ2) is 10.1. The summed E-state index contributed by atoms with van der Waals surface area (Å²) < 4.78 is 10.5. The molecule has 0 unspecified atom stereocenters. The molecule has 0 spiro atoms. The molecule has 0 aliphatic carbocycles. The number of hydrogen-bond acceptors (Lipinski definition) is 6. The highest BCUT2D eigenvalue weighted by Gasteiger charge is 2.11. The van der Waals surface area contributed by atoms with Gasteiger partial charge in [0.25, 0.3) is 11.6 Å². The van der Waals surface area contributed by atoms with E-state index < -0.39 is 10.8 Å². The highest BCUT2D eigenvalue weighted by molar-refractivity contribution is 7.80. The first-order chi connectivity index (χ1) is 13.4. The number of thiocarbonyl (C=S) groups is 1. The number of carbonyl (C=O) groups excluding carboxylic acids is 1. The van der Waals surface area contributed by atoms with Gasteiger partial charge in [0.05, 0.1) is 19.1 Å². The lowest BCUT2D eigenvalue weighted by Gasteiger charge is -2.12. The second-order valence-electron chi connectivity index (χ2n) is 5.58. The molecule has 2 aromatic rings. The lowest BCUT2D eigenvalue weighted by molar-refractivity contribution is -0.384. The monoisotopic (exact) mass is 404 g/mol. The van der Waals surface area contributed by atoms with E-state index in [4.69, 9.17) is 21.7 Å². The summed E-state index contributed by atoms with van der Waals surface area (Å²) in [7, 11) is 3.15. The molecule has 3 N–H and O–H groups in total. The normalized spacial score (nSPS) is 9.93. The maximum Gasteiger partial charge on any atom is 0.270 e. The van der Waals surface area contributed by atoms with Crippen LogP contribution in [0.2, 0.25) is 0 Å². The second-order valence-corrected chi connectivity index (χ2v) is 5.99. The zero-order valence-corrected chi connectivity index (χ0v) is 16.2. The number of benzene rings is 2. The number of ether oxygens (including phenoxy) is 2. The maximum absolute atomic E-state index is 12.0. The van der Waals surface area contributed by atoms with E-state index in [2.05, 4.69) is 16.2 Å². The van der Waals surface area contributed by atoms with Crippen molar-refractivity contribution in [2.45, 2.75) is 6.42 Å². The standard InChI is InChI=1S/C18H20N4O5S/c1-26-15-7-6-12(10-16(15)27-2)8-9-19-18(28)21-20-17(23)13-4-3-5-14(11-13)22(24)25/h3-7,10-11H,8-9H2,1-2H3,(H,20,23)(H2,19,21,28). The SMILES string of the molecule is COc1ccc(CCNC(=S)NNC(=O)c2cccc([N+](=O)[O-])c2)cc1OC. The first-order valence-electron chi connectivity index (χ1n) is 8.24. The number of hydrazine groups is 1. The predicted molar refractivity (Wildman–Crippen MR) is 108 cm³/mol. The van der Waals surface area contributed by atoms with Gasteiger partial charge in [-0.15, -0.1) is 0 Å².